The smallest absolute Gasteiger partial charge is 0.413 e. The van der Waals surface area contributed by atoms with E-state index in [-0.39, 0.29) is 0 Å². The van der Waals surface area contributed by atoms with E-state index < -0.39 is 11.7 Å². The highest BCUT2D eigenvalue weighted by Gasteiger charge is 2.16. The number of aryl methyl sites for hydroxylation is 1. The molecule has 15 heavy (non-hydrogen) atoms. The highest BCUT2D eigenvalue weighted by atomic mass is 16.6. The van der Waals surface area contributed by atoms with Gasteiger partial charge in [0, 0.05) is 11.8 Å². The van der Waals surface area contributed by atoms with Crippen molar-refractivity contribution in [3.63, 3.8) is 0 Å². The number of nitrogens with one attached hydrogen (secondary N) is 2. The fourth-order valence-corrected chi connectivity index (χ4v) is 1.01. The van der Waals surface area contributed by atoms with Gasteiger partial charge < -0.3 is 4.74 Å². The lowest BCUT2D eigenvalue weighted by Crippen LogP contribution is -2.27. The largest absolute Gasteiger partial charge is 0.444 e. The quantitative estimate of drug-likeness (QED) is 0.788. The Labute approximate surface area is 89.2 Å². The highest BCUT2D eigenvalue weighted by molar-refractivity contribution is 5.83. The van der Waals surface area contributed by atoms with Crippen LogP contribution in [-0.2, 0) is 11.2 Å². The summed E-state index contributed by atoms with van der Waals surface area (Å²) in [5.74, 6) is 0.487. The number of ether oxygens (including phenoxy) is 1. The first kappa shape index (κ1) is 11.6. The Balaban J connectivity index is 2.51. The number of nitrogens with zero attached hydrogens (tertiary/aromatic N) is 1. The molecule has 5 nitrogen and oxygen atoms in total. The molecule has 0 atom stereocenters. The van der Waals surface area contributed by atoms with Gasteiger partial charge in [-0.25, -0.2) is 4.79 Å². The Morgan fingerprint density at radius 1 is 1.60 bits per heavy atom. The zero-order chi connectivity index (χ0) is 11.5. The second-order valence-electron chi connectivity index (χ2n) is 4.26. The molecule has 1 amide bonds. The van der Waals surface area contributed by atoms with Crippen LogP contribution in [0.3, 0.4) is 0 Å². The Kier molecular flexibility index (Phi) is 3.34. The van der Waals surface area contributed by atoms with E-state index in [0.717, 1.165) is 12.1 Å². The summed E-state index contributed by atoms with van der Waals surface area (Å²) in [5.41, 5.74) is 0.481. The summed E-state index contributed by atoms with van der Waals surface area (Å²) >= 11 is 0. The summed E-state index contributed by atoms with van der Waals surface area (Å²) in [6, 6.07) is 1.78. The van der Waals surface area contributed by atoms with Crippen LogP contribution in [0.1, 0.15) is 33.4 Å². The van der Waals surface area contributed by atoms with E-state index in [1.165, 1.54) is 0 Å². The van der Waals surface area contributed by atoms with Gasteiger partial charge in [-0.1, -0.05) is 6.92 Å². The first-order chi connectivity index (χ1) is 6.90. The summed E-state index contributed by atoms with van der Waals surface area (Å²) in [7, 11) is 0. The van der Waals surface area contributed by atoms with Gasteiger partial charge in [0.15, 0.2) is 5.82 Å². The number of anilines is 1. The van der Waals surface area contributed by atoms with Gasteiger partial charge >= 0.3 is 6.09 Å². The maximum atomic E-state index is 11.3. The molecular formula is C10H17N3O2. The van der Waals surface area contributed by atoms with Crippen molar-refractivity contribution < 1.29 is 9.53 Å². The molecular weight excluding hydrogens is 194 g/mol. The van der Waals surface area contributed by atoms with E-state index in [9.17, 15) is 4.79 Å². The maximum absolute atomic E-state index is 11.3. The third kappa shape index (κ3) is 4.01. The molecule has 0 aliphatic carbocycles. The molecule has 0 unspecified atom stereocenters. The summed E-state index contributed by atoms with van der Waals surface area (Å²) in [6.07, 6.45) is 0.361. The second kappa shape index (κ2) is 4.33. The SMILES string of the molecule is CCc1cc(NC(=O)OC(C)(C)C)n[nH]1. The predicted octanol–water partition coefficient (Wildman–Crippen LogP) is 2.32. The molecule has 84 valence electrons. The Bertz CT molecular complexity index is 339. The normalized spacial score (nSPS) is 11.2. The molecule has 0 bridgehead atoms. The van der Waals surface area contributed by atoms with Crippen LogP contribution in [0.25, 0.3) is 0 Å². The van der Waals surface area contributed by atoms with Crippen LogP contribution in [0.2, 0.25) is 0 Å². The van der Waals surface area contributed by atoms with Crippen LogP contribution in [0.4, 0.5) is 10.6 Å². The van der Waals surface area contributed by atoms with Crippen molar-refractivity contribution in [2.24, 2.45) is 0 Å². The molecule has 0 spiro atoms. The summed E-state index contributed by atoms with van der Waals surface area (Å²) < 4.78 is 5.08. The molecule has 2 N–H and O–H groups in total. The Morgan fingerprint density at radius 2 is 2.27 bits per heavy atom. The van der Waals surface area contributed by atoms with E-state index in [2.05, 4.69) is 15.5 Å². The predicted molar refractivity (Wildman–Crippen MR) is 57.8 cm³/mol. The fraction of sp³-hybridized carbons (Fsp3) is 0.600. The maximum Gasteiger partial charge on any atom is 0.413 e. The molecule has 0 saturated heterocycles. The van der Waals surface area contributed by atoms with Crippen molar-refractivity contribution in [3.05, 3.63) is 11.8 Å². The highest BCUT2D eigenvalue weighted by Crippen LogP contribution is 2.10. The number of aromatic nitrogens is 2. The molecule has 1 rings (SSSR count). The third-order valence-corrected chi connectivity index (χ3v) is 1.64. The molecule has 0 fully saturated rings. The van der Waals surface area contributed by atoms with Gasteiger partial charge in [0.05, 0.1) is 0 Å². The molecule has 1 aromatic rings. The van der Waals surface area contributed by atoms with E-state index in [1.807, 2.05) is 27.7 Å². The summed E-state index contributed by atoms with van der Waals surface area (Å²) in [6.45, 7) is 7.45. The van der Waals surface area contributed by atoms with Gasteiger partial charge in [0.25, 0.3) is 0 Å². The van der Waals surface area contributed by atoms with Crippen LogP contribution in [0.15, 0.2) is 6.07 Å². The van der Waals surface area contributed by atoms with Crippen LogP contribution >= 0.6 is 0 Å². The minimum Gasteiger partial charge on any atom is -0.444 e. The number of carbonyl (C=O) groups is 1. The van der Waals surface area contributed by atoms with Gasteiger partial charge in [-0.3, -0.25) is 10.4 Å². The van der Waals surface area contributed by atoms with Crippen molar-refractivity contribution in [1.82, 2.24) is 10.2 Å². The summed E-state index contributed by atoms with van der Waals surface area (Å²) in [5, 5.41) is 9.27. The minimum absolute atomic E-state index is 0.487. The number of aromatic amines is 1. The van der Waals surface area contributed by atoms with Crippen LogP contribution < -0.4 is 5.32 Å². The van der Waals surface area contributed by atoms with Gasteiger partial charge in [0.1, 0.15) is 5.60 Å². The van der Waals surface area contributed by atoms with Crippen LogP contribution in [0, 0.1) is 0 Å². The number of rotatable bonds is 2. The van der Waals surface area contributed by atoms with E-state index >= 15 is 0 Å². The number of hydrogen-bond acceptors (Lipinski definition) is 3. The molecule has 0 aliphatic rings. The zero-order valence-electron chi connectivity index (χ0n) is 9.55. The standard InChI is InChI=1S/C10H17N3O2/c1-5-7-6-8(13-12-7)11-9(14)15-10(2,3)4/h6H,5H2,1-4H3,(H2,11,12,13,14). The van der Waals surface area contributed by atoms with E-state index in [0.29, 0.717) is 5.82 Å². The van der Waals surface area contributed by atoms with Gasteiger partial charge in [-0.05, 0) is 27.2 Å². The molecule has 1 heterocycles. The van der Waals surface area contributed by atoms with Gasteiger partial charge in [-0.2, -0.15) is 5.10 Å². The monoisotopic (exact) mass is 211 g/mol. The van der Waals surface area contributed by atoms with E-state index in [4.69, 9.17) is 4.74 Å². The molecule has 1 aromatic heterocycles. The topological polar surface area (TPSA) is 67.0 Å². The first-order valence-electron chi connectivity index (χ1n) is 4.95. The lowest BCUT2D eigenvalue weighted by molar-refractivity contribution is 0.0635. The molecule has 0 aliphatic heterocycles. The Hall–Kier alpha value is -1.52. The van der Waals surface area contributed by atoms with Crippen molar-refractivity contribution in [3.8, 4) is 0 Å². The average Bonchev–Trinajstić information content (AvgIpc) is 2.48. The second-order valence-corrected chi connectivity index (χ2v) is 4.26. The lowest BCUT2D eigenvalue weighted by atomic mass is 10.2. The van der Waals surface area contributed by atoms with Gasteiger partial charge in [-0.15, -0.1) is 0 Å². The average molecular weight is 211 g/mol. The van der Waals surface area contributed by atoms with Crippen molar-refractivity contribution in [2.45, 2.75) is 39.7 Å². The van der Waals surface area contributed by atoms with Crippen molar-refractivity contribution in [1.29, 1.82) is 0 Å². The number of H-pyrrole nitrogens is 1. The third-order valence-electron chi connectivity index (χ3n) is 1.64. The zero-order valence-corrected chi connectivity index (χ0v) is 9.55. The molecule has 0 aromatic carbocycles. The van der Waals surface area contributed by atoms with Crippen molar-refractivity contribution in [2.75, 3.05) is 5.32 Å². The molecule has 0 saturated carbocycles. The number of amides is 1. The number of hydrogen-bond donors (Lipinski definition) is 2. The van der Waals surface area contributed by atoms with E-state index in [1.54, 1.807) is 6.07 Å². The van der Waals surface area contributed by atoms with Gasteiger partial charge in [0.2, 0.25) is 0 Å². The summed E-state index contributed by atoms with van der Waals surface area (Å²) in [4.78, 5) is 11.3. The molecule has 5 heteroatoms. The number of carbonyl (C=O) groups excluding carboxylic acids is 1. The Morgan fingerprint density at radius 3 is 2.73 bits per heavy atom. The first-order valence-corrected chi connectivity index (χ1v) is 4.95. The van der Waals surface area contributed by atoms with Crippen LogP contribution in [0.5, 0.6) is 0 Å². The molecule has 0 radical (unpaired) electrons. The van der Waals surface area contributed by atoms with Crippen molar-refractivity contribution >= 4 is 11.9 Å². The fourth-order valence-electron chi connectivity index (χ4n) is 1.01. The minimum atomic E-state index is -0.492. The lowest BCUT2D eigenvalue weighted by Gasteiger charge is -2.18. The van der Waals surface area contributed by atoms with Crippen LogP contribution in [-0.4, -0.2) is 21.9 Å².